The molecule has 0 atom stereocenters. The van der Waals surface area contributed by atoms with Crippen molar-refractivity contribution in [2.75, 3.05) is 27.4 Å². The molecule has 0 unspecified atom stereocenters. The zero-order valence-corrected chi connectivity index (χ0v) is 14.7. The highest BCUT2D eigenvalue weighted by molar-refractivity contribution is 5.76. The molecular weight excluding hydrogens is 321 g/mol. The largest absolute Gasteiger partial charge is 0.494 e. The van der Waals surface area contributed by atoms with Crippen molar-refractivity contribution < 1.29 is 18.7 Å². The molecule has 0 aliphatic rings. The molecule has 2 aromatic rings. The summed E-state index contributed by atoms with van der Waals surface area (Å²) in [7, 11) is 3.05. The van der Waals surface area contributed by atoms with Gasteiger partial charge in [-0.05, 0) is 29.7 Å². The smallest absolute Gasteiger partial charge is 0.223 e. The highest BCUT2D eigenvalue weighted by Gasteiger charge is 2.14. The predicted octanol–water partition coefficient (Wildman–Crippen LogP) is 3.44. The van der Waals surface area contributed by atoms with E-state index in [0.29, 0.717) is 32.5 Å². The third-order valence-electron chi connectivity index (χ3n) is 3.98. The number of aryl methyl sites for hydroxylation is 1. The molecule has 0 aliphatic carbocycles. The lowest BCUT2D eigenvalue weighted by Crippen LogP contribution is -2.33. The average Bonchev–Trinajstić information content (AvgIpc) is 2.64. The molecule has 0 spiro atoms. The van der Waals surface area contributed by atoms with E-state index in [1.165, 1.54) is 13.2 Å². The van der Waals surface area contributed by atoms with Crippen LogP contribution < -0.4 is 4.74 Å². The quantitative estimate of drug-likeness (QED) is 0.699. The molecule has 0 bridgehead atoms. The topological polar surface area (TPSA) is 38.8 Å². The number of carbonyl (C=O) groups excluding carboxylic acids is 1. The van der Waals surface area contributed by atoms with Crippen molar-refractivity contribution >= 4 is 5.91 Å². The first-order chi connectivity index (χ1) is 12.1. The maximum absolute atomic E-state index is 13.8. The summed E-state index contributed by atoms with van der Waals surface area (Å²) in [5.41, 5.74) is 1.85. The van der Waals surface area contributed by atoms with Crippen LogP contribution >= 0.6 is 0 Å². The van der Waals surface area contributed by atoms with Crippen LogP contribution in [0.15, 0.2) is 48.5 Å². The Morgan fingerprint density at radius 1 is 1.08 bits per heavy atom. The second kappa shape index (κ2) is 9.79. The number of nitrogens with zero attached hydrogens (tertiary/aromatic N) is 1. The molecule has 5 heteroatoms. The number of carbonyl (C=O) groups is 1. The molecule has 25 heavy (non-hydrogen) atoms. The Bertz CT molecular complexity index is 676. The zero-order chi connectivity index (χ0) is 18.1. The van der Waals surface area contributed by atoms with Gasteiger partial charge in [0.2, 0.25) is 5.91 Å². The van der Waals surface area contributed by atoms with Gasteiger partial charge in [-0.15, -0.1) is 0 Å². The number of ether oxygens (including phenoxy) is 2. The van der Waals surface area contributed by atoms with Gasteiger partial charge in [0.05, 0.1) is 13.7 Å². The summed E-state index contributed by atoms with van der Waals surface area (Å²) in [5.74, 6) is -0.175. The predicted molar refractivity (Wildman–Crippen MR) is 95.0 cm³/mol. The second-order valence-electron chi connectivity index (χ2n) is 5.76. The fourth-order valence-electron chi connectivity index (χ4n) is 2.57. The molecule has 0 radical (unpaired) electrons. The highest BCUT2D eigenvalue weighted by atomic mass is 19.1. The van der Waals surface area contributed by atoms with Crippen LogP contribution in [0.4, 0.5) is 4.39 Å². The molecular formula is C20H24FNO3. The van der Waals surface area contributed by atoms with Crippen LogP contribution in [0.1, 0.15) is 17.5 Å². The molecule has 2 aromatic carbocycles. The maximum atomic E-state index is 13.8. The van der Waals surface area contributed by atoms with Crippen LogP contribution in [-0.4, -0.2) is 38.2 Å². The summed E-state index contributed by atoms with van der Waals surface area (Å²) in [6.07, 6.45) is 0.806. The molecule has 0 heterocycles. The summed E-state index contributed by atoms with van der Waals surface area (Å²) >= 11 is 0. The number of hydrogen-bond donors (Lipinski definition) is 0. The minimum absolute atomic E-state index is 0.0251. The summed E-state index contributed by atoms with van der Waals surface area (Å²) in [4.78, 5) is 14.4. The molecule has 0 N–H and O–H groups in total. The fraction of sp³-hybridized carbons (Fsp3) is 0.350. The van der Waals surface area contributed by atoms with Gasteiger partial charge in [-0.1, -0.05) is 36.4 Å². The van der Waals surface area contributed by atoms with Gasteiger partial charge < -0.3 is 14.4 Å². The molecule has 0 saturated carbocycles. The Morgan fingerprint density at radius 3 is 2.48 bits per heavy atom. The molecule has 134 valence electrons. The maximum Gasteiger partial charge on any atom is 0.223 e. The molecule has 0 saturated heterocycles. The van der Waals surface area contributed by atoms with Crippen molar-refractivity contribution in [3.63, 3.8) is 0 Å². The van der Waals surface area contributed by atoms with E-state index < -0.39 is 5.82 Å². The van der Waals surface area contributed by atoms with Crippen molar-refractivity contribution in [1.29, 1.82) is 0 Å². The van der Waals surface area contributed by atoms with Gasteiger partial charge >= 0.3 is 0 Å². The first kappa shape index (κ1) is 18.9. The van der Waals surface area contributed by atoms with Crippen LogP contribution in [0.5, 0.6) is 5.75 Å². The van der Waals surface area contributed by atoms with Crippen molar-refractivity contribution in [3.05, 3.63) is 65.5 Å². The molecule has 0 aromatic heterocycles. The van der Waals surface area contributed by atoms with E-state index in [0.717, 1.165) is 11.1 Å². The first-order valence-electron chi connectivity index (χ1n) is 8.27. The van der Waals surface area contributed by atoms with E-state index in [-0.39, 0.29) is 11.7 Å². The number of hydrogen-bond acceptors (Lipinski definition) is 3. The summed E-state index contributed by atoms with van der Waals surface area (Å²) in [6.45, 7) is 1.55. The van der Waals surface area contributed by atoms with Crippen molar-refractivity contribution in [2.45, 2.75) is 19.4 Å². The van der Waals surface area contributed by atoms with Gasteiger partial charge in [0.1, 0.15) is 0 Å². The number of methoxy groups -OCH3 is 2. The van der Waals surface area contributed by atoms with Crippen LogP contribution in [0.2, 0.25) is 0 Å². The molecule has 2 rings (SSSR count). The van der Waals surface area contributed by atoms with Gasteiger partial charge in [0.25, 0.3) is 0 Å². The van der Waals surface area contributed by atoms with Crippen LogP contribution in [0.25, 0.3) is 0 Å². The Hall–Kier alpha value is -2.40. The van der Waals surface area contributed by atoms with Gasteiger partial charge in [-0.2, -0.15) is 0 Å². The summed E-state index contributed by atoms with van der Waals surface area (Å²) in [6, 6.07) is 14.6. The zero-order valence-electron chi connectivity index (χ0n) is 14.7. The summed E-state index contributed by atoms with van der Waals surface area (Å²) in [5, 5.41) is 0. The lowest BCUT2D eigenvalue weighted by Gasteiger charge is -2.22. The lowest BCUT2D eigenvalue weighted by molar-refractivity contribution is -0.132. The molecule has 1 amide bonds. The van der Waals surface area contributed by atoms with E-state index in [2.05, 4.69) is 0 Å². The van der Waals surface area contributed by atoms with Crippen LogP contribution in [-0.2, 0) is 22.5 Å². The van der Waals surface area contributed by atoms with E-state index in [9.17, 15) is 9.18 Å². The SMILES string of the molecule is COCCN(Cc1ccccc1)C(=O)CCc1ccc(OC)c(F)c1. The normalized spacial score (nSPS) is 10.5. The number of rotatable bonds is 9. The van der Waals surface area contributed by atoms with E-state index in [1.807, 2.05) is 30.3 Å². The van der Waals surface area contributed by atoms with Crippen molar-refractivity contribution in [3.8, 4) is 5.75 Å². The minimum Gasteiger partial charge on any atom is -0.494 e. The number of amides is 1. The van der Waals surface area contributed by atoms with Crippen LogP contribution in [0.3, 0.4) is 0 Å². The Kier molecular flexibility index (Phi) is 7.41. The molecule has 4 nitrogen and oxygen atoms in total. The second-order valence-corrected chi connectivity index (χ2v) is 5.76. The third-order valence-corrected chi connectivity index (χ3v) is 3.98. The fourth-order valence-corrected chi connectivity index (χ4v) is 2.57. The highest BCUT2D eigenvalue weighted by Crippen LogP contribution is 2.19. The Morgan fingerprint density at radius 2 is 1.84 bits per heavy atom. The number of halogens is 1. The third kappa shape index (κ3) is 5.87. The minimum atomic E-state index is -0.409. The Labute approximate surface area is 148 Å². The lowest BCUT2D eigenvalue weighted by atomic mass is 10.1. The van der Waals surface area contributed by atoms with Crippen molar-refractivity contribution in [1.82, 2.24) is 4.90 Å². The van der Waals surface area contributed by atoms with E-state index >= 15 is 0 Å². The monoisotopic (exact) mass is 345 g/mol. The number of benzene rings is 2. The van der Waals surface area contributed by atoms with E-state index in [4.69, 9.17) is 9.47 Å². The van der Waals surface area contributed by atoms with Gasteiger partial charge in [-0.25, -0.2) is 4.39 Å². The van der Waals surface area contributed by atoms with E-state index in [1.54, 1.807) is 24.1 Å². The van der Waals surface area contributed by atoms with Crippen LogP contribution in [0, 0.1) is 5.82 Å². The summed E-state index contributed by atoms with van der Waals surface area (Å²) < 4.78 is 23.8. The average molecular weight is 345 g/mol. The molecule has 0 aliphatic heterocycles. The molecule has 0 fully saturated rings. The van der Waals surface area contributed by atoms with Gasteiger partial charge in [0, 0.05) is 26.6 Å². The van der Waals surface area contributed by atoms with Gasteiger partial charge in [-0.3, -0.25) is 4.79 Å². The van der Waals surface area contributed by atoms with Gasteiger partial charge in [0.15, 0.2) is 11.6 Å². The standard InChI is InChI=1S/C20H24FNO3/c1-24-13-12-22(15-17-6-4-3-5-7-17)20(23)11-9-16-8-10-19(25-2)18(21)14-16/h3-8,10,14H,9,11-13,15H2,1-2H3. The van der Waals surface area contributed by atoms with Crippen molar-refractivity contribution in [2.24, 2.45) is 0 Å². The first-order valence-corrected chi connectivity index (χ1v) is 8.27. The Balaban J connectivity index is 1.97.